The molecule has 1 heterocycles. The molecular formula is C15H18N2O5S. The molecule has 0 aliphatic carbocycles. The molecule has 8 heteroatoms. The largest absolute Gasteiger partial charge is 0.497 e. The normalized spacial score (nSPS) is 17.9. The fourth-order valence-corrected chi connectivity index (χ4v) is 2.92. The van der Waals surface area contributed by atoms with Gasteiger partial charge in [0.25, 0.3) is 0 Å². The fraction of sp³-hybridized carbons (Fsp3) is 0.400. The first kappa shape index (κ1) is 17.1. The van der Waals surface area contributed by atoms with Crippen LogP contribution in [0.4, 0.5) is 5.69 Å². The summed E-state index contributed by atoms with van der Waals surface area (Å²) in [6.07, 6.45) is 0. The number of carbonyl (C=O) groups excluding carboxylic acids is 3. The zero-order valence-corrected chi connectivity index (χ0v) is 13.9. The second-order valence-corrected chi connectivity index (χ2v) is 6.21. The molecular weight excluding hydrogens is 320 g/mol. The number of ether oxygens (including phenoxy) is 2. The highest BCUT2D eigenvalue weighted by molar-refractivity contribution is 8.01. The van der Waals surface area contributed by atoms with Crippen molar-refractivity contribution in [1.82, 2.24) is 4.90 Å². The van der Waals surface area contributed by atoms with Crippen LogP contribution in [0.5, 0.6) is 11.5 Å². The summed E-state index contributed by atoms with van der Waals surface area (Å²) in [7, 11) is 2.99. The van der Waals surface area contributed by atoms with Gasteiger partial charge in [0.1, 0.15) is 18.0 Å². The van der Waals surface area contributed by atoms with Gasteiger partial charge in [0.05, 0.1) is 30.9 Å². The van der Waals surface area contributed by atoms with Gasteiger partial charge in [-0.05, 0) is 19.1 Å². The van der Waals surface area contributed by atoms with Crippen molar-refractivity contribution in [2.45, 2.75) is 12.2 Å². The highest BCUT2D eigenvalue weighted by atomic mass is 32.2. The Morgan fingerprint density at radius 2 is 2.09 bits per heavy atom. The van der Waals surface area contributed by atoms with E-state index >= 15 is 0 Å². The number of methoxy groups -OCH3 is 2. The second-order valence-electron chi connectivity index (χ2n) is 4.89. The quantitative estimate of drug-likeness (QED) is 0.810. The number of imide groups is 1. The molecule has 1 aromatic carbocycles. The number of nitrogens with zero attached hydrogens (tertiary/aromatic N) is 1. The molecule has 1 unspecified atom stereocenters. The van der Waals surface area contributed by atoms with Gasteiger partial charge in [0.2, 0.25) is 17.7 Å². The molecule has 0 spiro atoms. The highest BCUT2D eigenvalue weighted by Gasteiger charge is 2.33. The average molecular weight is 338 g/mol. The third-order valence-corrected chi connectivity index (χ3v) is 4.47. The van der Waals surface area contributed by atoms with Crippen LogP contribution in [0.3, 0.4) is 0 Å². The maximum Gasteiger partial charge on any atom is 0.244 e. The molecule has 1 aromatic rings. The predicted octanol–water partition coefficient (Wildman–Crippen LogP) is 1.13. The SMILES string of the molecule is COc1ccc(OC)c(NC(=O)CN2C(=O)CSC(C)C2=O)c1. The highest BCUT2D eigenvalue weighted by Crippen LogP contribution is 2.29. The number of amides is 3. The molecule has 0 radical (unpaired) electrons. The van der Waals surface area contributed by atoms with Crippen LogP contribution in [0.2, 0.25) is 0 Å². The Morgan fingerprint density at radius 1 is 1.35 bits per heavy atom. The topological polar surface area (TPSA) is 84.9 Å². The van der Waals surface area contributed by atoms with Crippen LogP contribution in [0.25, 0.3) is 0 Å². The number of carbonyl (C=O) groups is 3. The number of benzene rings is 1. The summed E-state index contributed by atoms with van der Waals surface area (Å²) in [5, 5.41) is 2.32. The Hall–Kier alpha value is -2.22. The second kappa shape index (κ2) is 7.36. The van der Waals surface area contributed by atoms with E-state index in [4.69, 9.17) is 9.47 Å². The maximum absolute atomic E-state index is 12.2. The number of thioether (sulfide) groups is 1. The van der Waals surface area contributed by atoms with Crippen LogP contribution < -0.4 is 14.8 Å². The number of anilines is 1. The number of nitrogens with one attached hydrogen (secondary N) is 1. The fourth-order valence-electron chi connectivity index (χ4n) is 2.10. The third-order valence-electron chi connectivity index (χ3n) is 3.35. The van der Waals surface area contributed by atoms with Gasteiger partial charge in [0, 0.05) is 6.07 Å². The van der Waals surface area contributed by atoms with Gasteiger partial charge in [-0.2, -0.15) is 0 Å². The molecule has 124 valence electrons. The van der Waals surface area contributed by atoms with E-state index in [1.807, 2.05) is 0 Å². The van der Waals surface area contributed by atoms with Crippen molar-refractivity contribution in [2.24, 2.45) is 0 Å². The molecule has 3 amide bonds. The molecule has 0 bridgehead atoms. The standard InChI is InChI=1S/C15H18N2O5S/c1-9-15(20)17(14(19)8-23-9)7-13(18)16-11-6-10(21-2)4-5-12(11)22-3/h4-6,9H,7-8H2,1-3H3,(H,16,18). The van der Waals surface area contributed by atoms with Crippen LogP contribution in [-0.2, 0) is 14.4 Å². The van der Waals surface area contributed by atoms with E-state index in [1.54, 1.807) is 25.1 Å². The van der Waals surface area contributed by atoms with Crippen LogP contribution in [0, 0.1) is 0 Å². The molecule has 1 aliphatic heterocycles. The minimum atomic E-state index is -0.475. The summed E-state index contributed by atoms with van der Waals surface area (Å²) in [5.41, 5.74) is 0.413. The number of hydrogen-bond acceptors (Lipinski definition) is 6. The van der Waals surface area contributed by atoms with Gasteiger partial charge in [-0.25, -0.2) is 0 Å². The summed E-state index contributed by atoms with van der Waals surface area (Å²) >= 11 is 1.27. The van der Waals surface area contributed by atoms with Crippen molar-refractivity contribution in [1.29, 1.82) is 0 Å². The lowest BCUT2D eigenvalue weighted by molar-refractivity contribution is -0.145. The molecule has 23 heavy (non-hydrogen) atoms. The van der Waals surface area contributed by atoms with Gasteiger partial charge in [-0.1, -0.05) is 0 Å². The zero-order valence-electron chi connectivity index (χ0n) is 13.1. The van der Waals surface area contributed by atoms with Gasteiger partial charge < -0.3 is 14.8 Å². The van der Waals surface area contributed by atoms with Crippen LogP contribution in [0.15, 0.2) is 18.2 Å². The van der Waals surface area contributed by atoms with E-state index in [1.165, 1.54) is 26.0 Å². The Morgan fingerprint density at radius 3 is 2.74 bits per heavy atom. The molecule has 1 fully saturated rings. The molecule has 0 aromatic heterocycles. The van der Waals surface area contributed by atoms with E-state index in [9.17, 15) is 14.4 Å². The summed E-state index contributed by atoms with van der Waals surface area (Å²) in [5.74, 6) is 0.0284. The Bertz CT molecular complexity index is 634. The number of hydrogen-bond donors (Lipinski definition) is 1. The average Bonchev–Trinajstić information content (AvgIpc) is 2.55. The lowest BCUT2D eigenvalue weighted by Gasteiger charge is -2.27. The summed E-state index contributed by atoms with van der Waals surface area (Å²) in [4.78, 5) is 37.0. The monoisotopic (exact) mass is 338 g/mol. The molecule has 0 saturated carbocycles. The summed E-state index contributed by atoms with van der Waals surface area (Å²) in [6, 6.07) is 4.96. The molecule has 1 saturated heterocycles. The van der Waals surface area contributed by atoms with Crippen LogP contribution >= 0.6 is 11.8 Å². The van der Waals surface area contributed by atoms with Crippen molar-refractivity contribution in [3.63, 3.8) is 0 Å². The van der Waals surface area contributed by atoms with Crippen molar-refractivity contribution in [2.75, 3.05) is 31.8 Å². The lowest BCUT2D eigenvalue weighted by atomic mass is 10.2. The van der Waals surface area contributed by atoms with Crippen LogP contribution in [-0.4, -0.2) is 54.4 Å². The summed E-state index contributed by atoms with van der Waals surface area (Å²) < 4.78 is 10.3. The third kappa shape index (κ3) is 3.95. The zero-order chi connectivity index (χ0) is 17.0. The minimum Gasteiger partial charge on any atom is -0.497 e. The molecule has 7 nitrogen and oxygen atoms in total. The van der Waals surface area contributed by atoms with E-state index in [2.05, 4.69) is 5.32 Å². The van der Waals surface area contributed by atoms with Crippen molar-refractivity contribution < 1.29 is 23.9 Å². The smallest absolute Gasteiger partial charge is 0.244 e. The first-order valence-electron chi connectivity index (χ1n) is 6.94. The summed E-state index contributed by atoms with van der Waals surface area (Å²) in [6.45, 7) is 1.40. The first-order chi connectivity index (χ1) is 11.0. The Kier molecular flexibility index (Phi) is 5.49. The van der Waals surface area contributed by atoms with Crippen molar-refractivity contribution in [3.8, 4) is 11.5 Å². The van der Waals surface area contributed by atoms with E-state index in [0.717, 1.165) is 4.90 Å². The van der Waals surface area contributed by atoms with E-state index < -0.39 is 5.91 Å². The van der Waals surface area contributed by atoms with Crippen molar-refractivity contribution in [3.05, 3.63) is 18.2 Å². The lowest BCUT2D eigenvalue weighted by Crippen LogP contribution is -2.49. The minimum absolute atomic E-state index is 0.197. The molecule has 1 N–H and O–H groups in total. The molecule has 1 atom stereocenters. The first-order valence-corrected chi connectivity index (χ1v) is 7.98. The molecule has 1 aliphatic rings. The van der Waals surface area contributed by atoms with Gasteiger partial charge in [0.15, 0.2) is 0 Å². The maximum atomic E-state index is 12.2. The number of rotatable bonds is 5. The van der Waals surface area contributed by atoms with Crippen molar-refractivity contribution >= 4 is 35.2 Å². The molecule has 2 rings (SSSR count). The van der Waals surface area contributed by atoms with Crippen LogP contribution in [0.1, 0.15) is 6.92 Å². The van der Waals surface area contributed by atoms with E-state index in [0.29, 0.717) is 17.2 Å². The Balaban J connectivity index is 2.10. The van der Waals surface area contributed by atoms with Gasteiger partial charge in [-0.15, -0.1) is 11.8 Å². The Labute approximate surface area is 138 Å². The predicted molar refractivity (Wildman–Crippen MR) is 86.8 cm³/mol. The van der Waals surface area contributed by atoms with Gasteiger partial charge >= 0.3 is 0 Å². The van der Waals surface area contributed by atoms with E-state index in [-0.39, 0.29) is 29.4 Å². The van der Waals surface area contributed by atoms with Gasteiger partial charge in [-0.3, -0.25) is 19.3 Å².